The van der Waals surface area contributed by atoms with Crippen molar-refractivity contribution in [2.45, 2.75) is 12.6 Å². The molecule has 0 saturated carbocycles. The van der Waals surface area contributed by atoms with Crippen LogP contribution in [0.2, 0.25) is 0 Å². The summed E-state index contributed by atoms with van der Waals surface area (Å²) in [6, 6.07) is 1.97. The molecule has 2 fully saturated rings. The number of carbonyl (C=O) groups is 1. The molecule has 4 rings (SSSR count). The first-order valence-corrected chi connectivity index (χ1v) is 7.71. The molecule has 23 heavy (non-hydrogen) atoms. The lowest BCUT2D eigenvalue weighted by Gasteiger charge is -2.18. The van der Waals surface area contributed by atoms with Crippen LogP contribution >= 0.6 is 0 Å². The van der Waals surface area contributed by atoms with Gasteiger partial charge in [-0.15, -0.1) is 0 Å². The predicted octanol–water partition coefficient (Wildman–Crippen LogP) is 1.16. The van der Waals surface area contributed by atoms with E-state index in [1.54, 1.807) is 31.1 Å². The van der Waals surface area contributed by atoms with Crippen molar-refractivity contribution in [1.82, 2.24) is 14.9 Å². The maximum absolute atomic E-state index is 12.5. The van der Waals surface area contributed by atoms with E-state index >= 15 is 0 Å². The van der Waals surface area contributed by atoms with E-state index < -0.39 is 0 Å². The molecule has 0 radical (unpaired) electrons. The van der Waals surface area contributed by atoms with Crippen LogP contribution in [0.3, 0.4) is 0 Å². The highest BCUT2D eigenvalue weighted by Crippen LogP contribution is 2.34. The largest absolute Gasteiger partial charge is 0.472 e. The van der Waals surface area contributed by atoms with E-state index in [9.17, 15) is 4.79 Å². The fourth-order valence-corrected chi connectivity index (χ4v) is 3.42. The second-order valence-corrected chi connectivity index (χ2v) is 6.05. The van der Waals surface area contributed by atoms with Gasteiger partial charge in [0.15, 0.2) is 5.82 Å². The van der Waals surface area contributed by atoms with Crippen LogP contribution in [-0.4, -0.2) is 46.6 Å². The Hall–Kier alpha value is -2.25. The lowest BCUT2D eigenvalue weighted by molar-refractivity contribution is -0.120. The van der Waals surface area contributed by atoms with Crippen molar-refractivity contribution < 1.29 is 13.9 Å². The number of nitrogens with zero attached hydrogens (tertiary/aromatic N) is 3. The zero-order valence-electron chi connectivity index (χ0n) is 12.6. The van der Waals surface area contributed by atoms with E-state index in [0.717, 1.165) is 25.2 Å². The molecular formula is C16H18N4O3. The van der Waals surface area contributed by atoms with Gasteiger partial charge in [-0.1, -0.05) is 0 Å². The lowest BCUT2D eigenvalue weighted by Crippen LogP contribution is -2.32. The summed E-state index contributed by atoms with van der Waals surface area (Å²) >= 11 is 0. The van der Waals surface area contributed by atoms with E-state index in [4.69, 9.17) is 9.15 Å². The van der Waals surface area contributed by atoms with Crippen molar-refractivity contribution >= 4 is 11.7 Å². The first-order chi connectivity index (χ1) is 11.3. The van der Waals surface area contributed by atoms with Crippen molar-refractivity contribution in [3.05, 3.63) is 42.7 Å². The maximum Gasteiger partial charge on any atom is 0.231 e. The number of fused-ring (bicyclic) bond motifs is 1. The average molecular weight is 314 g/mol. The van der Waals surface area contributed by atoms with Crippen LogP contribution in [0.4, 0.5) is 5.82 Å². The number of carbonyl (C=O) groups excluding carboxylic acids is 1. The van der Waals surface area contributed by atoms with Crippen LogP contribution < -0.4 is 5.32 Å². The van der Waals surface area contributed by atoms with Crippen LogP contribution in [0.25, 0.3) is 0 Å². The minimum atomic E-state index is -0.142. The maximum atomic E-state index is 12.5. The van der Waals surface area contributed by atoms with Gasteiger partial charge in [0, 0.05) is 43.5 Å². The van der Waals surface area contributed by atoms with Gasteiger partial charge >= 0.3 is 0 Å². The van der Waals surface area contributed by atoms with E-state index in [2.05, 4.69) is 20.2 Å². The first kappa shape index (κ1) is 14.3. The summed E-state index contributed by atoms with van der Waals surface area (Å²) < 4.78 is 10.9. The summed E-state index contributed by atoms with van der Waals surface area (Å²) in [5.74, 6) is 0.521. The molecule has 0 aliphatic carbocycles. The van der Waals surface area contributed by atoms with Crippen LogP contribution in [0.5, 0.6) is 0 Å². The number of amides is 1. The number of furan rings is 1. The van der Waals surface area contributed by atoms with Gasteiger partial charge in [-0.2, -0.15) is 0 Å². The topological polar surface area (TPSA) is 80.5 Å². The lowest BCUT2D eigenvalue weighted by atomic mass is 9.92. The number of anilines is 1. The van der Waals surface area contributed by atoms with E-state index in [0.29, 0.717) is 12.4 Å². The van der Waals surface area contributed by atoms with Gasteiger partial charge in [0.05, 0.1) is 37.4 Å². The Morgan fingerprint density at radius 3 is 3.13 bits per heavy atom. The van der Waals surface area contributed by atoms with E-state index in [1.165, 1.54) is 0 Å². The normalized spacial score (nSPS) is 27.0. The molecule has 0 unspecified atom stereocenters. The zero-order valence-corrected chi connectivity index (χ0v) is 12.6. The van der Waals surface area contributed by atoms with E-state index in [1.807, 2.05) is 6.07 Å². The molecule has 0 aromatic carbocycles. The first-order valence-electron chi connectivity index (χ1n) is 7.71. The van der Waals surface area contributed by atoms with Crippen molar-refractivity contribution in [3.63, 3.8) is 0 Å². The molecular weight excluding hydrogens is 296 g/mol. The van der Waals surface area contributed by atoms with Crippen molar-refractivity contribution in [2.24, 2.45) is 11.8 Å². The number of hydrogen-bond acceptors (Lipinski definition) is 6. The Bertz CT molecular complexity index is 661. The summed E-state index contributed by atoms with van der Waals surface area (Å²) in [7, 11) is 0. The van der Waals surface area contributed by atoms with Gasteiger partial charge in [0.1, 0.15) is 0 Å². The minimum Gasteiger partial charge on any atom is -0.472 e. The third-order valence-corrected chi connectivity index (χ3v) is 4.53. The summed E-state index contributed by atoms with van der Waals surface area (Å²) in [5.41, 5.74) is 1.14. The summed E-state index contributed by atoms with van der Waals surface area (Å²) in [6.45, 7) is 3.01. The quantitative estimate of drug-likeness (QED) is 0.912. The molecule has 2 aromatic rings. The van der Waals surface area contributed by atoms with Gasteiger partial charge in [0.2, 0.25) is 5.91 Å². The molecule has 4 heterocycles. The summed E-state index contributed by atoms with van der Waals surface area (Å²) in [5, 5.41) is 2.83. The number of rotatable bonds is 4. The van der Waals surface area contributed by atoms with Crippen LogP contribution in [0.15, 0.2) is 41.6 Å². The third-order valence-electron chi connectivity index (χ3n) is 4.53. The second kappa shape index (κ2) is 6.10. The van der Waals surface area contributed by atoms with Crippen molar-refractivity contribution in [2.75, 3.05) is 25.0 Å². The average Bonchev–Trinajstić information content (AvgIpc) is 3.25. The smallest absolute Gasteiger partial charge is 0.231 e. The number of hydrogen-bond donors (Lipinski definition) is 1. The van der Waals surface area contributed by atoms with Gasteiger partial charge < -0.3 is 14.5 Å². The SMILES string of the molecule is O=C(Nc1cnccn1)[C@@H]1CO[C@H]2CN(Cc3ccoc3)C[C@H]21. The number of nitrogens with one attached hydrogen (secondary N) is 1. The predicted molar refractivity (Wildman–Crippen MR) is 81.4 cm³/mol. The van der Waals surface area contributed by atoms with Gasteiger partial charge in [-0.3, -0.25) is 14.7 Å². The van der Waals surface area contributed by atoms with Gasteiger partial charge in [-0.25, -0.2) is 4.98 Å². The molecule has 1 amide bonds. The summed E-state index contributed by atoms with van der Waals surface area (Å²) in [4.78, 5) is 22.8. The van der Waals surface area contributed by atoms with Gasteiger partial charge in [-0.05, 0) is 6.07 Å². The Morgan fingerprint density at radius 2 is 2.35 bits per heavy atom. The van der Waals surface area contributed by atoms with Crippen molar-refractivity contribution in [3.8, 4) is 0 Å². The van der Waals surface area contributed by atoms with Gasteiger partial charge in [0.25, 0.3) is 0 Å². The van der Waals surface area contributed by atoms with Crippen LogP contribution in [-0.2, 0) is 16.1 Å². The molecule has 120 valence electrons. The second-order valence-electron chi connectivity index (χ2n) is 6.05. The fourth-order valence-electron chi connectivity index (χ4n) is 3.42. The number of likely N-dealkylation sites (tertiary alicyclic amines) is 1. The monoisotopic (exact) mass is 314 g/mol. The minimum absolute atomic E-state index is 0.0387. The highest BCUT2D eigenvalue weighted by atomic mass is 16.5. The highest BCUT2D eigenvalue weighted by molar-refractivity contribution is 5.92. The molecule has 0 spiro atoms. The molecule has 3 atom stereocenters. The van der Waals surface area contributed by atoms with E-state index in [-0.39, 0.29) is 23.8 Å². The number of ether oxygens (including phenoxy) is 1. The Kier molecular flexibility index (Phi) is 3.80. The molecule has 2 aromatic heterocycles. The molecule has 2 aliphatic heterocycles. The Labute approximate surface area is 133 Å². The van der Waals surface area contributed by atoms with Crippen molar-refractivity contribution in [1.29, 1.82) is 0 Å². The number of aromatic nitrogens is 2. The standard InChI is InChI=1S/C16H18N4O3/c21-16(19-15-5-17-2-3-18-15)13-10-23-14-8-20(7-12(13)14)6-11-1-4-22-9-11/h1-5,9,12-14H,6-8,10H2,(H,18,19,21)/t12-,13+,14-/m0/s1. The zero-order chi connectivity index (χ0) is 15.6. The molecule has 7 heteroatoms. The Balaban J connectivity index is 1.38. The molecule has 1 N–H and O–H groups in total. The molecule has 2 aliphatic rings. The third kappa shape index (κ3) is 2.97. The van der Waals surface area contributed by atoms with Crippen LogP contribution in [0.1, 0.15) is 5.56 Å². The molecule has 0 bridgehead atoms. The molecule has 2 saturated heterocycles. The summed E-state index contributed by atoms with van der Waals surface area (Å²) in [6.07, 6.45) is 8.25. The Morgan fingerprint density at radius 1 is 1.39 bits per heavy atom. The fraction of sp³-hybridized carbons (Fsp3) is 0.438. The van der Waals surface area contributed by atoms with Crippen LogP contribution in [0, 0.1) is 11.8 Å². The molecule has 7 nitrogen and oxygen atoms in total. The highest BCUT2D eigenvalue weighted by Gasteiger charge is 2.46.